The van der Waals surface area contributed by atoms with Crippen LogP contribution in [0.25, 0.3) is 0 Å². The van der Waals surface area contributed by atoms with Gasteiger partial charge in [0.2, 0.25) is 0 Å². The summed E-state index contributed by atoms with van der Waals surface area (Å²) in [4.78, 5) is 0. The summed E-state index contributed by atoms with van der Waals surface area (Å²) in [6, 6.07) is 28.8. The Morgan fingerprint density at radius 2 is 1.29 bits per heavy atom. The van der Waals surface area contributed by atoms with Crippen LogP contribution in [0.2, 0.25) is 0 Å². The van der Waals surface area contributed by atoms with Crippen LogP contribution < -0.4 is 10.6 Å². The van der Waals surface area contributed by atoms with Crippen molar-refractivity contribution >= 4 is 40.2 Å². The molecule has 0 unspecified atom stereocenters. The van der Waals surface area contributed by atoms with E-state index in [0.717, 1.165) is 10.0 Å². The molecule has 0 saturated heterocycles. The van der Waals surface area contributed by atoms with Crippen molar-refractivity contribution in [2.45, 2.75) is 0 Å². The SMILES string of the molecule is ON=C(CP(c1ccccc1)c1ccccc1)c1ccc(Br)cc1. The number of hydrogen-bond donors (Lipinski definition) is 1. The highest BCUT2D eigenvalue weighted by molar-refractivity contribution is 9.10. The Hall–Kier alpha value is -1.96. The molecule has 0 aliphatic heterocycles. The summed E-state index contributed by atoms with van der Waals surface area (Å²) in [5.41, 5.74) is 1.65. The topological polar surface area (TPSA) is 32.6 Å². The summed E-state index contributed by atoms with van der Waals surface area (Å²) < 4.78 is 1.01. The smallest absolute Gasteiger partial charge is 0.0916 e. The van der Waals surface area contributed by atoms with Crippen LogP contribution in [-0.4, -0.2) is 17.1 Å². The largest absolute Gasteiger partial charge is 0.411 e. The van der Waals surface area contributed by atoms with E-state index in [1.165, 1.54) is 10.6 Å². The van der Waals surface area contributed by atoms with E-state index in [1.54, 1.807) is 0 Å². The minimum absolute atomic E-state index is 0.630. The lowest BCUT2D eigenvalue weighted by Crippen LogP contribution is -2.19. The predicted molar refractivity (Wildman–Crippen MR) is 106 cm³/mol. The molecule has 0 spiro atoms. The first-order valence-electron chi connectivity index (χ1n) is 7.62. The van der Waals surface area contributed by atoms with Crippen LogP contribution in [0.4, 0.5) is 0 Å². The molecule has 0 fully saturated rings. The Labute approximate surface area is 151 Å². The highest BCUT2D eigenvalue weighted by Gasteiger charge is 2.18. The highest BCUT2D eigenvalue weighted by atomic mass is 79.9. The summed E-state index contributed by atoms with van der Waals surface area (Å²) >= 11 is 3.44. The number of oxime groups is 1. The minimum atomic E-state index is -0.630. The minimum Gasteiger partial charge on any atom is -0.411 e. The molecule has 0 radical (unpaired) electrons. The molecule has 0 aliphatic carbocycles. The first-order chi connectivity index (χ1) is 11.8. The lowest BCUT2D eigenvalue weighted by atomic mass is 10.1. The Bertz CT molecular complexity index is 765. The van der Waals surface area contributed by atoms with Gasteiger partial charge in [-0.15, -0.1) is 0 Å². The molecule has 3 rings (SSSR count). The molecular weight excluding hydrogens is 381 g/mol. The van der Waals surface area contributed by atoms with Crippen molar-refractivity contribution in [1.82, 2.24) is 0 Å². The number of rotatable bonds is 5. The molecular formula is C20H17BrNOP. The summed E-state index contributed by atoms with van der Waals surface area (Å²) in [5.74, 6) is 0. The first kappa shape index (κ1) is 16.9. The van der Waals surface area contributed by atoms with E-state index in [0.29, 0.717) is 11.9 Å². The molecule has 24 heavy (non-hydrogen) atoms. The van der Waals surface area contributed by atoms with Gasteiger partial charge in [-0.05, 0) is 36.2 Å². The van der Waals surface area contributed by atoms with Crippen molar-refractivity contribution in [3.8, 4) is 0 Å². The lowest BCUT2D eigenvalue weighted by molar-refractivity contribution is 0.319. The first-order valence-corrected chi connectivity index (χ1v) is 9.94. The molecule has 1 N–H and O–H groups in total. The third-order valence-electron chi connectivity index (χ3n) is 3.74. The van der Waals surface area contributed by atoms with Gasteiger partial charge in [-0.3, -0.25) is 0 Å². The molecule has 3 aromatic rings. The molecule has 0 atom stereocenters. The van der Waals surface area contributed by atoms with Crippen molar-refractivity contribution in [2.75, 3.05) is 6.16 Å². The van der Waals surface area contributed by atoms with Gasteiger partial charge in [0.15, 0.2) is 0 Å². The van der Waals surface area contributed by atoms with Crippen LogP contribution in [0.15, 0.2) is 94.6 Å². The number of halogens is 1. The molecule has 0 saturated carbocycles. The van der Waals surface area contributed by atoms with Gasteiger partial charge < -0.3 is 5.21 Å². The number of hydrogen-bond acceptors (Lipinski definition) is 2. The number of benzene rings is 3. The molecule has 0 aliphatic rings. The highest BCUT2D eigenvalue weighted by Crippen LogP contribution is 2.34. The van der Waals surface area contributed by atoms with Gasteiger partial charge in [0.05, 0.1) is 5.71 Å². The molecule has 0 bridgehead atoms. The van der Waals surface area contributed by atoms with Gasteiger partial charge in [-0.1, -0.05) is 93.9 Å². The second-order valence-corrected chi connectivity index (χ2v) is 8.43. The number of nitrogens with zero attached hydrogens (tertiary/aromatic N) is 1. The summed E-state index contributed by atoms with van der Waals surface area (Å²) in [6.45, 7) is 0. The zero-order valence-electron chi connectivity index (χ0n) is 13.0. The van der Waals surface area contributed by atoms with Crippen molar-refractivity contribution in [3.05, 3.63) is 95.0 Å². The van der Waals surface area contributed by atoms with Crippen LogP contribution in [-0.2, 0) is 0 Å². The molecule has 0 heterocycles. The van der Waals surface area contributed by atoms with Crippen LogP contribution in [0.3, 0.4) is 0 Å². The Balaban J connectivity index is 1.95. The van der Waals surface area contributed by atoms with Gasteiger partial charge in [-0.2, -0.15) is 0 Å². The van der Waals surface area contributed by atoms with Crippen molar-refractivity contribution in [3.63, 3.8) is 0 Å². The summed E-state index contributed by atoms with van der Waals surface area (Å²) in [5, 5.41) is 15.7. The summed E-state index contributed by atoms with van der Waals surface area (Å²) in [6.07, 6.45) is 0.696. The molecule has 2 nitrogen and oxygen atoms in total. The zero-order valence-corrected chi connectivity index (χ0v) is 15.5. The quantitative estimate of drug-likeness (QED) is 0.286. The predicted octanol–water partition coefficient (Wildman–Crippen LogP) is 4.76. The van der Waals surface area contributed by atoms with E-state index in [4.69, 9.17) is 0 Å². The van der Waals surface area contributed by atoms with E-state index in [2.05, 4.69) is 69.6 Å². The maximum Gasteiger partial charge on any atom is 0.0916 e. The Morgan fingerprint density at radius 3 is 1.75 bits per heavy atom. The average Bonchev–Trinajstić information content (AvgIpc) is 2.65. The molecule has 4 heteroatoms. The fourth-order valence-corrected chi connectivity index (χ4v) is 5.06. The standard InChI is InChI=1S/C20H17BrNOP/c21-17-13-11-16(12-14-17)20(22-23)15-24(18-7-3-1-4-8-18)19-9-5-2-6-10-19/h1-14,23H,15H2. The molecule has 0 aromatic heterocycles. The van der Waals surface area contributed by atoms with E-state index in [-0.39, 0.29) is 0 Å². The van der Waals surface area contributed by atoms with Crippen LogP contribution >= 0.6 is 23.9 Å². The van der Waals surface area contributed by atoms with Crippen LogP contribution in [0.5, 0.6) is 0 Å². The van der Waals surface area contributed by atoms with Crippen LogP contribution in [0, 0.1) is 0 Å². The van der Waals surface area contributed by atoms with E-state index < -0.39 is 7.92 Å². The third-order valence-corrected chi connectivity index (χ3v) is 6.73. The van der Waals surface area contributed by atoms with Gasteiger partial charge in [0.1, 0.15) is 0 Å². The van der Waals surface area contributed by atoms with Gasteiger partial charge >= 0.3 is 0 Å². The Morgan fingerprint density at radius 1 is 0.792 bits per heavy atom. The third kappa shape index (κ3) is 4.11. The monoisotopic (exact) mass is 397 g/mol. The fourth-order valence-electron chi connectivity index (χ4n) is 2.52. The van der Waals surface area contributed by atoms with Crippen LogP contribution in [0.1, 0.15) is 5.56 Å². The zero-order chi connectivity index (χ0) is 16.8. The van der Waals surface area contributed by atoms with E-state index in [1.807, 2.05) is 36.4 Å². The lowest BCUT2D eigenvalue weighted by Gasteiger charge is -2.19. The maximum atomic E-state index is 9.58. The van der Waals surface area contributed by atoms with Crippen molar-refractivity contribution < 1.29 is 5.21 Å². The second kappa shape index (κ2) is 8.23. The maximum absolute atomic E-state index is 9.58. The fraction of sp³-hybridized carbons (Fsp3) is 0.0500. The normalized spacial score (nSPS) is 11.7. The molecule has 3 aromatic carbocycles. The summed E-state index contributed by atoms with van der Waals surface area (Å²) in [7, 11) is -0.630. The second-order valence-electron chi connectivity index (χ2n) is 5.31. The van der Waals surface area contributed by atoms with Gasteiger partial charge in [-0.25, -0.2) is 0 Å². The average molecular weight is 398 g/mol. The van der Waals surface area contributed by atoms with Crippen molar-refractivity contribution in [1.29, 1.82) is 0 Å². The van der Waals surface area contributed by atoms with Gasteiger partial charge in [0.25, 0.3) is 0 Å². The Kier molecular flexibility index (Phi) is 5.79. The van der Waals surface area contributed by atoms with Crippen molar-refractivity contribution in [2.24, 2.45) is 5.16 Å². The van der Waals surface area contributed by atoms with E-state index in [9.17, 15) is 5.21 Å². The van der Waals surface area contributed by atoms with E-state index >= 15 is 0 Å². The van der Waals surface area contributed by atoms with Gasteiger partial charge in [0, 0.05) is 10.6 Å². The molecule has 120 valence electrons. The molecule has 0 amide bonds.